The second-order valence-corrected chi connectivity index (χ2v) is 19.1. The van der Waals surface area contributed by atoms with Crippen molar-refractivity contribution in [2.75, 3.05) is 13.2 Å². The number of aliphatic hydroxyl groups is 1. The van der Waals surface area contributed by atoms with Crippen LogP contribution in [-0.2, 0) is 31.7 Å². The number of allylic oxidation sites excluding steroid dienone is 2. The van der Waals surface area contributed by atoms with Gasteiger partial charge in [-0.05, 0) is 88.2 Å². The van der Waals surface area contributed by atoms with Crippen LogP contribution in [0.1, 0.15) is 82.4 Å². The van der Waals surface area contributed by atoms with Gasteiger partial charge in [0.15, 0.2) is 13.9 Å². The van der Waals surface area contributed by atoms with Crippen LogP contribution in [0.25, 0.3) is 5.57 Å². The molecule has 0 heterocycles. The first-order valence-electron chi connectivity index (χ1n) is 15.8. The summed E-state index contributed by atoms with van der Waals surface area (Å²) < 4.78 is 23.7. The lowest BCUT2D eigenvalue weighted by atomic mass is 9.96. The minimum atomic E-state index is -2.23. The molecule has 1 unspecified atom stereocenters. The summed E-state index contributed by atoms with van der Waals surface area (Å²) in [6.07, 6.45) is 1.21. The molecule has 0 radical (unpaired) electrons. The summed E-state index contributed by atoms with van der Waals surface area (Å²) in [5.41, 5.74) is 6.84. The lowest BCUT2D eigenvalue weighted by Crippen LogP contribution is -2.44. The highest BCUT2D eigenvalue weighted by molar-refractivity contribution is 6.74. The fourth-order valence-corrected chi connectivity index (χ4v) is 5.60. The second-order valence-electron chi connectivity index (χ2n) is 14.3. The molecule has 0 spiro atoms. The van der Waals surface area contributed by atoms with Gasteiger partial charge in [0.2, 0.25) is 5.91 Å². The molecule has 11 heteroatoms. The highest BCUT2D eigenvalue weighted by Crippen LogP contribution is 2.44. The van der Waals surface area contributed by atoms with Crippen molar-refractivity contribution in [3.63, 3.8) is 0 Å². The molecule has 1 atom stereocenters. The first kappa shape index (κ1) is 37.4. The molecule has 0 aliphatic heterocycles. The summed E-state index contributed by atoms with van der Waals surface area (Å²) in [5.74, 6) is -0.994. The zero-order chi connectivity index (χ0) is 35.4. The average molecular weight is 667 g/mol. The second kappa shape index (κ2) is 14.3. The maximum atomic E-state index is 12.5. The van der Waals surface area contributed by atoms with Crippen LogP contribution < -0.4 is 15.8 Å². The molecule has 2 amide bonds. The van der Waals surface area contributed by atoms with Gasteiger partial charge < -0.3 is 34.8 Å². The van der Waals surface area contributed by atoms with E-state index in [1.54, 1.807) is 40.7 Å². The van der Waals surface area contributed by atoms with E-state index >= 15 is 0 Å². The summed E-state index contributed by atoms with van der Waals surface area (Å²) in [6, 6.07) is 12.0. The Morgan fingerprint density at radius 2 is 1.70 bits per heavy atom. The highest BCUT2D eigenvalue weighted by atomic mass is 28.4. The topological polar surface area (TPSA) is 146 Å². The van der Waals surface area contributed by atoms with Crippen LogP contribution in [0.3, 0.4) is 0 Å². The summed E-state index contributed by atoms with van der Waals surface area (Å²) in [4.78, 5) is 36.9. The van der Waals surface area contributed by atoms with E-state index in [1.165, 1.54) is 12.1 Å². The van der Waals surface area contributed by atoms with Crippen LogP contribution in [0.4, 0.5) is 4.79 Å². The van der Waals surface area contributed by atoms with Crippen molar-refractivity contribution in [2.45, 2.75) is 97.7 Å². The Morgan fingerprint density at radius 3 is 2.30 bits per heavy atom. The van der Waals surface area contributed by atoms with E-state index in [1.807, 2.05) is 30.3 Å². The molecule has 1 aliphatic carbocycles. The van der Waals surface area contributed by atoms with Crippen LogP contribution in [0.15, 0.2) is 59.9 Å². The number of primary amides is 1. The van der Waals surface area contributed by atoms with Gasteiger partial charge in [-0.3, -0.25) is 9.59 Å². The number of ether oxygens (including phenoxy) is 3. The van der Waals surface area contributed by atoms with Gasteiger partial charge >= 0.3 is 12.1 Å². The number of benzene rings is 2. The first-order chi connectivity index (χ1) is 21.7. The number of esters is 1. The molecule has 3 rings (SSSR count). The maximum absolute atomic E-state index is 12.5. The van der Waals surface area contributed by atoms with E-state index in [2.05, 4.69) is 39.2 Å². The Labute approximate surface area is 279 Å². The van der Waals surface area contributed by atoms with Crippen LogP contribution >= 0.6 is 0 Å². The number of carbonyl (C=O) groups is 3. The van der Waals surface area contributed by atoms with Crippen LogP contribution in [0, 0.1) is 0 Å². The molecule has 2 aromatic rings. The molecule has 4 N–H and O–H groups in total. The standard InChI is InChI=1S/C36H50N2O8Si/c1-11-43-30(39)19-25-15-16-26(32(37)41)18-29(25)45-36(8)27(22-44-47(9,10)35(5,6)7)20-28(31(36)40)24-14-12-13-23(17-24)21-38-33(42)46-34(2,3)4/h12-18,20,40H,11,19,21-22H2,1-10H3,(H2,37,41)(H,38,42). The van der Waals surface area contributed by atoms with E-state index in [4.69, 9.17) is 24.4 Å². The third-order valence-corrected chi connectivity index (χ3v) is 12.9. The first-order valence-corrected chi connectivity index (χ1v) is 18.7. The number of rotatable bonds is 12. The van der Waals surface area contributed by atoms with E-state index in [0.717, 1.165) is 5.56 Å². The van der Waals surface area contributed by atoms with E-state index in [0.29, 0.717) is 22.3 Å². The van der Waals surface area contributed by atoms with Crippen molar-refractivity contribution in [1.29, 1.82) is 0 Å². The van der Waals surface area contributed by atoms with E-state index in [9.17, 15) is 19.5 Å². The third kappa shape index (κ3) is 9.48. The van der Waals surface area contributed by atoms with Crippen molar-refractivity contribution in [3.8, 4) is 5.75 Å². The number of alkyl carbamates (subject to hydrolysis) is 1. The minimum Gasteiger partial charge on any atom is -0.507 e. The Hall–Kier alpha value is -4.09. The molecule has 0 saturated heterocycles. The zero-order valence-electron chi connectivity index (χ0n) is 29.3. The van der Waals surface area contributed by atoms with Crippen LogP contribution in [0.2, 0.25) is 18.1 Å². The van der Waals surface area contributed by atoms with Gasteiger partial charge in [-0.2, -0.15) is 0 Å². The summed E-state index contributed by atoms with van der Waals surface area (Å²) >= 11 is 0. The summed E-state index contributed by atoms with van der Waals surface area (Å²) in [5, 5.41) is 14.6. The van der Waals surface area contributed by atoms with Gasteiger partial charge in [-0.1, -0.05) is 45.0 Å². The van der Waals surface area contributed by atoms with E-state index in [-0.39, 0.29) is 48.3 Å². The lowest BCUT2D eigenvalue weighted by Gasteiger charge is -2.38. The number of nitrogens with two attached hydrogens (primary N) is 1. The van der Waals surface area contributed by atoms with Gasteiger partial charge in [0.25, 0.3) is 0 Å². The molecule has 0 aromatic heterocycles. The highest BCUT2D eigenvalue weighted by Gasteiger charge is 2.45. The molecule has 0 fully saturated rings. The quantitative estimate of drug-likeness (QED) is 0.162. The normalized spacial score (nSPS) is 16.9. The number of amides is 2. The molecule has 0 saturated carbocycles. The van der Waals surface area contributed by atoms with Crippen molar-refractivity contribution >= 4 is 31.9 Å². The molecule has 0 bridgehead atoms. The van der Waals surface area contributed by atoms with Gasteiger partial charge in [0, 0.05) is 28.8 Å². The molecule has 1 aliphatic rings. The maximum Gasteiger partial charge on any atom is 0.407 e. The predicted molar refractivity (Wildman–Crippen MR) is 185 cm³/mol. The van der Waals surface area contributed by atoms with Crippen molar-refractivity contribution in [2.24, 2.45) is 5.73 Å². The molecule has 2 aromatic carbocycles. The largest absolute Gasteiger partial charge is 0.507 e. The smallest absolute Gasteiger partial charge is 0.407 e. The zero-order valence-corrected chi connectivity index (χ0v) is 30.3. The minimum absolute atomic E-state index is 0.0696. The lowest BCUT2D eigenvalue weighted by molar-refractivity contribution is -0.142. The third-order valence-electron chi connectivity index (χ3n) is 8.41. The average Bonchev–Trinajstić information content (AvgIpc) is 3.19. The van der Waals surface area contributed by atoms with Crippen LogP contribution in [-0.4, -0.2) is 55.8 Å². The number of hydrogen-bond donors (Lipinski definition) is 3. The molecular formula is C36H50N2O8Si. The molecule has 47 heavy (non-hydrogen) atoms. The Kier molecular flexibility index (Phi) is 11.4. The van der Waals surface area contributed by atoms with Crippen LogP contribution in [0.5, 0.6) is 5.75 Å². The monoisotopic (exact) mass is 666 g/mol. The van der Waals surface area contributed by atoms with E-state index < -0.39 is 37.5 Å². The van der Waals surface area contributed by atoms with Gasteiger partial charge in [-0.25, -0.2) is 4.79 Å². The summed E-state index contributed by atoms with van der Waals surface area (Å²) in [7, 11) is -2.23. The number of nitrogens with one attached hydrogen (secondary N) is 1. The fraction of sp³-hybridized carbons (Fsp3) is 0.472. The molecule has 256 valence electrons. The molecule has 10 nitrogen and oxygen atoms in total. The number of aliphatic hydroxyl groups excluding tert-OH is 1. The number of hydrogen-bond acceptors (Lipinski definition) is 8. The SMILES string of the molecule is CCOC(=O)Cc1ccc(C(N)=O)cc1OC1(C)C(CO[Si](C)(C)C(C)(C)C)=CC(c2cccc(CNC(=O)OC(C)(C)C)c2)=C1O. The van der Waals surface area contributed by atoms with Gasteiger partial charge in [0.1, 0.15) is 17.1 Å². The van der Waals surface area contributed by atoms with Crippen molar-refractivity contribution in [1.82, 2.24) is 5.32 Å². The van der Waals surface area contributed by atoms with Gasteiger partial charge in [-0.15, -0.1) is 0 Å². The predicted octanol–water partition coefficient (Wildman–Crippen LogP) is 6.98. The van der Waals surface area contributed by atoms with Crippen molar-refractivity contribution in [3.05, 3.63) is 82.1 Å². The van der Waals surface area contributed by atoms with Gasteiger partial charge in [0.05, 0.1) is 19.6 Å². The Morgan fingerprint density at radius 1 is 1.02 bits per heavy atom. The fourth-order valence-electron chi connectivity index (χ4n) is 4.65. The Bertz CT molecular complexity index is 1570. The molecular weight excluding hydrogens is 616 g/mol. The summed E-state index contributed by atoms with van der Waals surface area (Å²) in [6.45, 7) is 20.2. The van der Waals surface area contributed by atoms with Crippen molar-refractivity contribution < 1.29 is 38.1 Å². The Balaban J connectivity index is 2.07. The number of carbonyl (C=O) groups excluding carboxylic acids is 3.